The fourth-order valence-corrected chi connectivity index (χ4v) is 3.29. The van der Waals surface area contributed by atoms with Crippen LogP contribution in [0.25, 0.3) is 0 Å². The second-order valence-electron chi connectivity index (χ2n) is 5.95. The number of aliphatic hydroxyl groups is 1. The molecule has 0 bridgehead atoms. The number of carbonyl (C=O) groups excluding carboxylic acids is 2. The fraction of sp³-hybridized carbons (Fsp3) is 0.867. The van der Waals surface area contributed by atoms with Crippen molar-refractivity contribution in [2.45, 2.75) is 58.3 Å². The molecule has 0 saturated carbocycles. The molecule has 1 aliphatic heterocycles. The van der Waals surface area contributed by atoms with Crippen LogP contribution in [0.3, 0.4) is 0 Å². The van der Waals surface area contributed by atoms with Crippen molar-refractivity contribution >= 4 is 11.8 Å². The van der Waals surface area contributed by atoms with Gasteiger partial charge in [0.2, 0.25) is 11.8 Å². The first-order chi connectivity index (χ1) is 10.1. The van der Waals surface area contributed by atoms with Crippen LogP contribution in [0.5, 0.6) is 0 Å². The van der Waals surface area contributed by atoms with Gasteiger partial charge in [0.1, 0.15) is 0 Å². The molecule has 0 aromatic heterocycles. The van der Waals surface area contributed by atoms with Gasteiger partial charge in [0.05, 0.1) is 5.41 Å². The van der Waals surface area contributed by atoms with Crippen LogP contribution in [-0.4, -0.2) is 35.3 Å². The number of hydroxylamine groups is 1. The molecule has 0 aromatic rings. The summed E-state index contributed by atoms with van der Waals surface area (Å²) in [5, 5.41) is 20.5. The van der Waals surface area contributed by atoms with Gasteiger partial charge in [0, 0.05) is 19.6 Å². The first-order valence-corrected chi connectivity index (χ1v) is 7.92. The SMILES string of the molecule is CCCC[C@H]1CNC(=O)[C@]1(CCCCCO)CC(=O)NO. The van der Waals surface area contributed by atoms with Gasteiger partial charge in [-0.3, -0.25) is 14.8 Å². The summed E-state index contributed by atoms with van der Waals surface area (Å²) in [5.41, 5.74) is 0.946. The molecule has 1 fully saturated rings. The van der Waals surface area contributed by atoms with E-state index in [9.17, 15) is 9.59 Å². The normalized spacial score (nSPS) is 24.9. The van der Waals surface area contributed by atoms with Crippen LogP contribution in [0.2, 0.25) is 0 Å². The van der Waals surface area contributed by atoms with E-state index >= 15 is 0 Å². The lowest BCUT2D eigenvalue weighted by molar-refractivity contribution is -0.140. The summed E-state index contributed by atoms with van der Waals surface area (Å²) >= 11 is 0. The van der Waals surface area contributed by atoms with E-state index in [1.165, 1.54) is 0 Å². The number of unbranched alkanes of at least 4 members (excludes halogenated alkanes) is 3. The van der Waals surface area contributed by atoms with E-state index in [4.69, 9.17) is 10.3 Å². The number of amides is 2. The van der Waals surface area contributed by atoms with Crippen LogP contribution in [-0.2, 0) is 9.59 Å². The molecule has 0 aliphatic carbocycles. The summed E-state index contributed by atoms with van der Waals surface area (Å²) in [5.74, 6) is -0.441. The molecule has 6 nitrogen and oxygen atoms in total. The summed E-state index contributed by atoms with van der Waals surface area (Å²) in [7, 11) is 0. The Kier molecular flexibility index (Phi) is 7.67. The molecule has 2 amide bonds. The Morgan fingerprint density at radius 2 is 2.14 bits per heavy atom. The van der Waals surface area contributed by atoms with E-state index in [-0.39, 0.29) is 24.9 Å². The van der Waals surface area contributed by atoms with Crippen LogP contribution in [0.1, 0.15) is 58.3 Å². The van der Waals surface area contributed by atoms with Crippen molar-refractivity contribution in [1.82, 2.24) is 10.8 Å². The van der Waals surface area contributed by atoms with Gasteiger partial charge in [0.15, 0.2) is 0 Å². The van der Waals surface area contributed by atoms with Crippen molar-refractivity contribution in [2.24, 2.45) is 11.3 Å². The van der Waals surface area contributed by atoms with E-state index < -0.39 is 11.3 Å². The van der Waals surface area contributed by atoms with E-state index in [1.807, 2.05) is 0 Å². The van der Waals surface area contributed by atoms with Crippen molar-refractivity contribution in [3.05, 3.63) is 0 Å². The van der Waals surface area contributed by atoms with Gasteiger partial charge >= 0.3 is 0 Å². The highest BCUT2D eigenvalue weighted by Crippen LogP contribution is 2.43. The number of aliphatic hydroxyl groups excluding tert-OH is 1. The lowest BCUT2D eigenvalue weighted by Gasteiger charge is -2.32. The van der Waals surface area contributed by atoms with Gasteiger partial charge in [-0.25, -0.2) is 5.48 Å². The van der Waals surface area contributed by atoms with Gasteiger partial charge in [-0.05, 0) is 25.2 Å². The monoisotopic (exact) mass is 300 g/mol. The van der Waals surface area contributed by atoms with Crippen molar-refractivity contribution in [3.8, 4) is 0 Å². The topological polar surface area (TPSA) is 98.7 Å². The molecular formula is C15H28N2O4. The predicted molar refractivity (Wildman–Crippen MR) is 78.6 cm³/mol. The molecule has 0 spiro atoms. The Hall–Kier alpha value is -1.14. The minimum Gasteiger partial charge on any atom is -0.396 e. The van der Waals surface area contributed by atoms with Gasteiger partial charge in [0.25, 0.3) is 0 Å². The molecule has 1 heterocycles. The highest BCUT2D eigenvalue weighted by Gasteiger charge is 2.50. The lowest BCUT2D eigenvalue weighted by Crippen LogP contribution is -2.40. The average Bonchev–Trinajstić information content (AvgIpc) is 2.78. The zero-order chi connectivity index (χ0) is 15.7. The van der Waals surface area contributed by atoms with Crippen molar-refractivity contribution in [2.75, 3.05) is 13.2 Å². The van der Waals surface area contributed by atoms with Gasteiger partial charge in [-0.1, -0.05) is 32.6 Å². The molecule has 0 radical (unpaired) electrons. The zero-order valence-electron chi connectivity index (χ0n) is 12.9. The van der Waals surface area contributed by atoms with Crippen molar-refractivity contribution in [3.63, 3.8) is 0 Å². The van der Waals surface area contributed by atoms with Crippen molar-refractivity contribution in [1.29, 1.82) is 0 Å². The quantitative estimate of drug-likeness (QED) is 0.278. The number of nitrogens with one attached hydrogen (secondary N) is 2. The highest BCUT2D eigenvalue weighted by atomic mass is 16.5. The number of hydrogen-bond donors (Lipinski definition) is 4. The maximum Gasteiger partial charge on any atom is 0.244 e. The fourth-order valence-electron chi connectivity index (χ4n) is 3.29. The highest BCUT2D eigenvalue weighted by molar-refractivity contribution is 5.90. The maximum absolute atomic E-state index is 12.4. The van der Waals surface area contributed by atoms with E-state index in [0.717, 1.165) is 32.1 Å². The maximum atomic E-state index is 12.4. The molecule has 122 valence electrons. The number of rotatable bonds is 10. The molecule has 4 N–H and O–H groups in total. The molecule has 1 saturated heterocycles. The Morgan fingerprint density at radius 1 is 1.38 bits per heavy atom. The summed E-state index contributed by atoms with van der Waals surface area (Å²) in [4.78, 5) is 24.0. The molecule has 0 unspecified atom stereocenters. The third-order valence-corrected chi connectivity index (χ3v) is 4.53. The van der Waals surface area contributed by atoms with Crippen molar-refractivity contribution < 1.29 is 19.9 Å². The van der Waals surface area contributed by atoms with Gasteiger partial charge in [-0.2, -0.15) is 0 Å². The lowest BCUT2D eigenvalue weighted by atomic mass is 9.69. The number of hydrogen-bond acceptors (Lipinski definition) is 4. The summed E-state index contributed by atoms with van der Waals surface area (Å²) in [6.45, 7) is 2.86. The second kappa shape index (κ2) is 9.00. The zero-order valence-corrected chi connectivity index (χ0v) is 12.9. The van der Waals surface area contributed by atoms with Crippen LogP contribution in [0.15, 0.2) is 0 Å². The first kappa shape index (κ1) is 17.9. The van der Waals surface area contributed by atoms with E-state index in [1.54, 1.807) is 5.48 Å². The van der Waals surface area contributed by atoms with Crippen LogP contribution in [0.4, 0.5) is 0 Å². The summed E-state index contributed by atoms with van der Waals surface area (Å²) in [6.07, 6.45) is 6.00. The minimum absolute atomic E-state index is 0.0306. The second-order valence-corrected chi connectivity index (χ2v) is 5.95. The number of carbonyl (C=O) groups is 2. The Labute approximate surface area is 126 Å². The summed E-state index contributed by atoms with van der Waals surface area (Å²) < 4.78 is 0. The Morgan fingerprint density at radius 3 is 2.76 bits per heavy atom. The van der Waals surface area contributed by atoms with E-state index in [0.29, 0.717) is 19.4 Å². The molecular weight excluding hydrogens is 272 g/mol. The van der Waals surface area contributed by atoms with Crippen LogP contribution in [0, 0.1) is 11.3 Å². The first-order valence-electron chi connectivity index (χ1n) is 7.92. The average molecular weight is 300 g/mol. The third-order valence-electron chi connectivity index (χ3n) is 4.53. The van der Waals surface area contributed by atoms with Gasteiger partial charge in [-0.15, -0.1) is 0 Å². The Balaban J connectivity index is 2.80. The van der Waals surface area contributed by atoms with E-state index in [2.05, 4.69) is 12.2 Å². The standard InChI is InChI=1S/C15H28N2O4/c1-2-3-7-12-11-16-14(20)15(12,10-13(19)17-21)8-5-4-6-9-18/h12,18,21H,2-11H2,1H3,(H,16,20)(H,17,19)/t12-,15+/m0/s1. The molecule has 1 aliphatic rings. The Bertz CT molecular complexity index is 349. The molecule has 6 heteroatoms. The largest absolute Gasteiger partial charge is 0.396 e. The van der Waals surface area contributed by atoms with Crippen LogP contribution < -0.4 is 10.8 Å². The predicted octanol–water partition coefficient (Wildman–Crippen LogP) is 1.36. The van der Waals surface area contributed by atoms with Crippen LogP contribution >= 0.6 is 0 Å². The van der Waals surface area contributed by atoms with Gasteiger partial charge < -0.3 is 10.4 Å². The molecule has 1 rings (SSSR count). The minimum atomic E-state index is -0.711. The summed E-state index contributed by atoms with van der Waals surface area (Å²) in [6, 6.07) is 0. The molecule has 21 heavy (non-hydrogen) atoms. The smallest absolute Gasteiger partial charge is 0.244 e. The molecule has 2 atom stereocenters. The molecule has 0 aromatic carbocycles. The third kappa shape index (κ3) is 4.68.